The Labute approximate surface area is 170 Å². The second-order valence-electron chi connectivity index (χ2n) is 7.69. The monoisotopic (exact) mass is 396 g/mol. The van der Waals surface area contributed by atoms with Crippen LogP contribution in [0.4, 0.5) is 0 Å². The second-order valence-corrected chi connectivity index (χ2v) is 7.69. The Morgan fingerprint density at radius 3 is 2.83 bits per heavy atom. The Kier molecular flexibility index (Phi) is 6.27. The minimum absolute atomic E-state index is 0.264. The lowest BCUT2D eigenvalue weighted by molar-refractivity contribution is 0.0504. The predicted octanol–water partition coefficient (Wildman–Crippen LogP) is 2.80. The third kappa shape index (κ3) is 5.05. The summed E-state index contributed by atoms with van der Waals surface area (Å²) in [6.45, 7) is 5.52. The van der Waals surface area contributed by atoms with E-state index in [1.807, 2.05) is 37.3 Å². The van der Waals surface area contributed by atoms with Crippen LogP contribution < -0.4 is 9.47 Å². The quantitative estimate of drug-likeness (QED) is 0.609. The fraction of sp³-hybridized carbons (Fsp3) is 0.455. The number of aliphatic hydroxyl groups excluding tert-OH is 1. The van der Waals surface area contributed by atoms with E-state index in [0.717, 1.165) is 48.3 Å². The van der Waals surface area contributed by atoms with Gasteiger partial charge in [0.1, 0.15) is 24.0 Å². The maximum Gasteiger partial charge on any atom is 0.213 e. The van der Waals surface area contributed by atoms with Gasteiger partial charge in [-0.3, -0.25) is 0 Å². The molecule has 3 heterocycles. The van der Waals surface area contributed by atoms with Crippen LogP contribution in [0.1, 0.15) is 18.4 Å². The number of nitrogens with one attached hydrogen (secondary N) is 1. The normalized spacial score (nSPS) is 16.8. The van der Waals surface area contributed by atoms with Crippen molar-refractivity contribution >= 4 is 11.0 Å². The summed E-state index contributed by atoms with van der Waals surface area (Å²) in [7, 11) is 0. The van der Waals surface area contributed by atoms with Crippen molar-refractivity contribution in [3.8, 4) is 11.6 Å². The molecule has 7 heteroatoms. The number of fused-ring (bicyclic) bond motifs is 1. The minimum atomic E-state index is -0.532. The lowest BCUT2D eigenvalue weighted by atomic mass is 9.97. The predicted molar refractivity (Wildman–Crippen MR) is 111 cm³/mol. The summed E-state index contributed by atoms with van der Waals surface area (Å²) in [5.41, 5.74) is 2.89. The molecule has 0 amide bonds. The highest BCUT2D eigenvalue weighted by atomic mass is 16.5. The smallest absolute Gasteiger partial charge is 0.213 e. The van der Waals surface area contributed by atoms with Crippen molar-refractivity contribution in [3.05, 3.63) is 48.4 Å². The number of rotatable bonds is 8. The number of H-pyrrole nitrogens is 1. The molecule has 2 aromatic heterocycles. The van der Waals surface area contributed by atoms with Crippen LogP contribution in [0, 0.1) is 12.8 Å². The molecular formula is C22H28N4O3. The molecule has 3 aromatic rings. The standard InChI is InChI=1S/C22H28N4O3/c1-16-5-6-19(22-21(16)24-15-25-22)28-14-18(27)12-26-10-7-17(8-11-26)13-29-20-4-2-3-9-23-20/h2-6,9,15,17-18,27H,7-8,10-14H2,1H3,(H,24,25). The number of β-amino-alcohol motifs (C(OH)–C–C–N with tert-alkyl or cyclic N) is 1. The van der Waals surface area contributed by atoms with E-state index in [1.165, 1.54) is 0 Å². The van der Waals surface area contributed by atoms with Gasteiger partial charge in [-0.05, 0) is 56.5 Å². The SMILES string of the molecule is Cc1ccc(OCC(O)CN2CCC(COc3ccccn3)CC2)c2[nH]cnc12. The van der Waals surface area contributed by atoms with E-state index in [2.05, 4.69) is 19.9 Å². The van der Waals surface area contributed by atoms with Gasteiger partial charge in [0.05, 0.1) is 18.5 Å². The van der Waals surface area contributed by atoms with Crippen LogP contribution in [-0.4, -0.2) is 63.9 Å². The highest BCUT2D eigenvalue weighted by molar-refractivity contribution is 5.84. The first-order chi connectivity index (χ1) is 14.2. The molecule has 0 aliphatic carbocycles. The average molecular weight is 396 g/mol. The number of piperidine rings is 1. The zero-order valence-corrected chi connectivity index (χ0v) is 16.8. The number of aromatic amines is 1. The van der Waals surface area contributed by atoms with E-state index in [4.69, 9.17) is 9.47 Å². The summed E-state index contributed by atoms with van der Waals surface area (Å²) in [6, 6.07) is 9.62. The molecule has 1 aliphatic heterocycles. The summed E-state index contributed by atoms with van der Waals surface area (Å²) in [6.07, 6.45) is 5.01. The van der Waals surface area contributed by atoms with Gasteiger partial charge in [-0.2, -0.15) is 0 Å². The van der Waals surface area contributed by atoms with Crippen molar-refractivity contribution in [1.29, 1.82) is 0 Å². The van der Waals surface area contributed by atoms with Gasteiger partial charge in [-0.1, -0.05) is 12.1 Å². The van der Waals surface area contributed by atoms with E-state index < -0.39 is 6.10 Å². The third-order valence-electron chi connectivity index (χ3n) is 5.46. The first kappa shape index (κ1) is 19.7. The molecule has 0 saturated carbocycles. The number of benzene rings is 1. The number of hydrogen-bond donors (Lipinski definition) is 2. The van der Waals surface area contributed by atoms with Crippen LogP contribution in [0.15, 0.2) is 42.9 Å². The largest absolute Gasteiger partial charge is 0.489 e. The molecule has 2 N–H and O–H groups in total. The maximum absolute atomic E-state index is 10.4. The van der Waals surface area contributed by atoms with Crippen LogP contribution in [-0.2, 0) is 0 Å². The highest BCUT2D eigenvalue weighted by Gasteiger charge is 2.22. The van der Waals surface area contributed by atoms with Gasteiger partial charge in [0.15, 0.2) is 0 Å². The number of aliphatic hydroxyl groups is 1. The molecule has 1 aliphatic rings. The summed E-state index contributed by atoms with van der Waals surface area (Å²) >= 11 is 0. The molecule has 29 heavy (non-hydrogen) atoms. The first-order valence-electron chi connectivity index (χ1n) is 10.2. The van der Waals surface area contributed by atoms with Crippen molar-refractivity contribution in [1.82, 2.24) is 19.9 Å². The summed E-state index contributed by atoms with van der Waals surface area (Å²) in [5.74, 6) is 1.94. The van der Waals surface area contributed by atoms with Gasteiger partial charge in [0.25, 0.3) is 0 Å². The number of aromatic nitrogens is 3. The van der Waals surface area contributed by atoms with Gasteiger partial charge in [0, 0.05) is 18.8 Å². The zero-order chi connectivity index (χ0) is 20.1. The Morgan fingerprint density at radius 2 is 2.03 bits per heavy atom. The van der Waals surface area contributed by atoms with Crippen molar-refractivity contribution in [2.24, 2.45) is 5.92 Å². The topological polar surface area (TPSA) is 83.5 Å². The lowest BCUT2D eigenvalue weighted by Crippen LogP contribution is -2.41. The number of ether oxygens (including phenoxy) is 2. The zero-order valence-electron chi connectivity index (χ0n) is 16.8. The number of likely N-dealkylation sites (tertiary alicyclic amines) is 1. The molecule has 1 saturated heterocycles. The Morgan fingerprint density at radius 1 is 1.17 bits per heavy atom. The third-order valence-corrected chi connectivity index (χ3v) is 5.46. The second kappa shape index (κ2) is 9.24. The average Bonchev–Trinajstić information content (AvgIpc) is 3.25. The Bertz CT molecular complexity index is 907. The van der Waals surface area contributed by atoms with Gasteiger partial charge in [-0.15, -0.1) is 0 Å². The Hall–Kier alpha value is -2.64. The molecule has 1 atom stereocenters. The molecule has 0 bridgehead atoms. The maximum atomic E-state index is 10.4. The number of pyridine rings is 1. The van der Waals surface area contributed by atoms with Crippen molar-refractivity contribution < 1.29 is 14.6 Å². The molecule has 1 fully saturated rings. The number of imidazole rings is 1. The van der Waals surface area contributed by atoms with E-state index in [9.17, 15) is 5.11 Å². The number of hydrogen-bond acceptors (Lipinski definition) is 6. The molecule has 154 valence electrons. The summed E-state index contributed by atoms with van der Waals surface area (Å²) < 4.78 is 11.6. The van der Waals surface area contributed by atoms with Crippen LogP contribution in [0.2, 0.25) is 0 Å². The molecule has 0 radical (unpaired) electrons. The summed E-state index contributed by atoms with van der Waals surface area (Å²) in [5, 5.41) is 10.4. The van der Waals surface area contributed by atoms with E-state index in [0.29, 0.717) is 24.9 Å². The fourth-order valence-electron chi connectivity index (χ4n) is 3.77. The van der Waals surface area contributed by atoms with E-state index in [-0.39, 0.29) is 6.61 Å². The van der Waals surface area contributed by atoms with Crippen LogP contribution in [0.3, 0.4) is 0 Å². The van der Waals surface area contributed by atoms with Crippen molar-refractivity contribution in [2.45, 2.75) is 25.9 Å². The van der Waals surface area contributed by atoms with Gasteiger partial charge < -0.3 is 24.5 Å². The molecule has 7 nitrogen and oxygen atoms in total. The van der Waals surface area contributed by atoms with Crippen molar-refractivity contribution in [2.75, 3.05) is 32.8 Å². The van der Waals surface area contributed by atoms with E-state index in [1.54, 1.807) is 12.5 Å². The van der Waals surface area contributed by atoms with Gasteiger partial charge >= 0.3 is 0 Å². The molecule has 0 spiro atoms. The minimum Gasteiger partial charge on any atom is -0.489 e. The molecule has 1 unspecified atom stereocenters. The van der Waals surface area contributed by atoms with Gasteiger partial charge in [0.2, 0.25) is 5.88 Å². The van der Waals surface area contributed by atoms with Crippen LogP contribution >= 0.6 is 0 Å². The Balaban J connectivity index is 1.19. The number of nitrogens with zero attached hydrogens (tertiary/aromatic N) is 3. The molecular weight excluding hydrogens is 368 g/mol. The van der Waals surface area contributed by atoms with Crippen LogP contribution in [0.5, 0.6) is 11.6 Å². The van der Waals surface area contributed by atoms with Gasteiger partial charge in [-0.25, -0.2) is 9.97 Å². The first-order valence-corrected chi connectivity index (χ1v) is 10.2. The lowest BCUT2D eigenvalue weighted by Gasteiger charge is -2.32. The van der Waals surface area contributed by atoms with Crippen LogP contribution in [0.25, 0.3) is 11.0 Å². The summed E-state index contributed by atoms with van der Waals surface area (Å²) in [4.78, 5) is 13.9. The fourth-order valence-corrected chi connectivity index (χ4v) is 3.77. The van der Waals surface area contributed by atoms with E-state index >= 15 is 0 Å². The molecule has 4 rings (SSSR count). The van der Waals surface area contributed by atoms with Crippen molar-refractivity contribution in [3.63, 3.8) is 0 Å². The molecule has 1 aromatic carbocycles. The highest BCUT2D eigenvalue weighted by Crippen LogP contribution is 2.25. The number of aryl methyl sites for hydroxylation is 1.